The highest BCUT2D eigenvalue weighted by atomic mass is 32.1. The molecule has 1 amide bonds. The lowest BCUT2D eigenvalue weighted by molar-refractivity contribution is 0.0934. The molecule has 0 spiro atoms. The van der Waals surface area contributed by atoms with Gasteiger partial charge in [-0.2, -0.15) is 5.10 Å². The second-order valence-electron chi connectivity index (χ2n) is 5.71. The normalized spacial score (nSPS) is 12.6. The van der Waals surface area contributed by atoms with E-state index >= 15 is 0 Å². The second kappa shape index (κ2) is 5.73. The molecule has 0 aliphatic rings. The summed E-state index contributed by atoms with van der Waals surface area (Å²) in [6, 6.07) is 3.46. The Hall–Kier alpha value is -2.28. The van der Waals surface area contributed by atoms with Crippen molar-refractivity contribution in [3.05, 3.63) is 44.8 Å². The molecular formula is C16H19N5OS. The molecule has 0 unspecified atom stereocenters. The molecule has 0 aliphatic heterocycles. The highest BCUT2D eigenvalue weighted by Gasteiger charge is 2.18. The first kappa shape index (κ1) is 15.6. The number of amides is 1. The van der Waals surface area contributed by atoms with Gasteiger partial charge < -0.3 is 5.32 Å². The minimum absolute atomic E-state index is 0.155. The summed E-state index contributed by atoms with van der Waals surface area (Å²) < 4.78 is 1.74. The zero-order valence-electron chi connectivity index (χ0n) is 13.8. The maximum Gasteiger partial charge on any atom is 0.270 e. The summed E-state index contributed by atoms with van der Waals surface area (Å²) in [6.07, 6.45) is 0. The first-order valence-electron chi connectivity index (χ1n) is 7.44. The first-order chi connectivity index (χ1) is 10.8. The zero-order valence-corrected chi connectivity index (χ0v) is 14.7. The topological polar surface area (TPSA) is 72.2 Å². The van der Waals surface area contributed by atoms with E-state index in [2.05, 4.69) is 20.4 Å². The van der Waals surface area contributed by atoms with Crippen molar-refractivity contribution in [3.8, 4) is 0 Å². The summed E-state index contributed by atoms with van der Waals surface area (Å²) in [6.45, 7) is 9.75. The Morgan fingerprint density at radius 2 is 1.96 bits per heavy atom. The average Bonchev–Trinajstić information content (AvgIpc) is 3.00. The molecule has 0 aromatic carbocycles. The van der Waals surface area contributed by atoms with Crippen molar-refractivity contribution in [2.75, 3.05) is 0 Å². The molecule has 0 bridgehead atoms. The number of nitrogens with zero attached hydrogens (tertiary/aromatic N) is 4. The molecule has 6 nitrogen and oxygen atoms in total. The number of hydrogen-bond acceptors (Lipinski definition) is 5. The Morgan fingerprint density at radius 1 is 1.22 bits per heavy atom. The molecule has 0 fully saturated rings. The van der Waals surface area contributed by atoms with Crippen molar-refractivity contribution in [2.24, 2.45) is 0 Å². The Kier molecular flexibility index (Phi) is 3.89. The van der Waals surface area contributed by atoms with Crippen LogP contribution in [0.3, 0.4) is 0 Å². The predicted molar refractivity (Wildman–Crippen MR) is 89.9 cm³/mol. The van der Waals surface area contributed by atoms with Gasteiger partial charge in [-0.1, -0.05) is 0 Å². The molecule has 0 saturated carbocycles. The minimum atomic E-state index is -0.202. The molecule has 23 heavy (non-hydrogen) atoms. The Balaban J connectivity index is 1.87. The lowest BCUT2D eigenvalue weighted by Crippen LogP contribution is -2.28. The third kappa shape index (κ3) is 2.96. The Morgan fingerprint density at radius 3 is 2.61 bits per heavy atom. The molecule has 0 radical (unpaired) electrons. The molecular weight excluding hydrogens is 310 g/mol. The standard InChI is InChI=1S/C16H19N5OS/c1-8-6-14-19-13(7-9(2)21(14)20-8)16(22)17-10(3)15-11(4)23-12(5)18-15/h6-7,10H,1-5H3,(H,17,22)/t10-/m0/s1. The van der Waals surface area contributed by atoms with Gasteiger partial charge in [0.15, 0.2) is 5.65 Å². The number of thiazole rings is 1. The van der Waals surface area contributed by atoms with E-state index in [1.54, 1.807) is 21.9 Å². The number of nitrogens with one attached hydrogen (secondary N) is 1. The zero-order chi connectivity index (χ0) is 16.7. The van der Waals surface area contributed by atoms with Crippen LogP contribution in [0, 0.1) is 27.7 Å². The van der Waals surface area contributed by atoms with E-state index in [9.17, 15) is 4.79 Å². The summed E-state index contributed by atoms with van der Waals surface area (Å²) in [5, 5.41) is 8.33. The molecule has 3 aromatic heterocycles. The quantitative estimate of drug-likeness (QED) is 0.802. The van der Waals surface area contributed by atoms with Gasteiger partial charge in [-0.25, -0.2) is 14.5 Å². The molecule has 3 rings (SSSR count). The number of hydrogen-bond donors (Lipinski definition) is 1. The maximum absolute atomic E-state index is 12.5. The van der Waals surface area contributed by atoms with E-state index in [1.807, 2.05) is 40.7 Å². The fourth-order valence-corrected chi connectivity index (χ4v) is 3.56. The predicted octanol–water partition coefficient (Wildman–Crippen LogP) is 2.91. The molecule has 1 N–H and O–H groups in total. The maximum atomic E-state index is 12.5. The van der Waals surface area contributed by atoms with E-state index in [4.69, 9.17) is 0 Å². The van der Waals surface area contributed by atoms with Gasteiger partial charge in [0.05, 0.1) is 22.4 Å². The van der Waals surface area contributed by atoms with E-state index in [-0.39, 0.29) is 11.9 Å². The first-order valence-corrected chi connectivity index (χ1v) is 8.25. The molecule has 3 heterocycles. The van der Waals surface area contributed by atoms with Gasteiger partial charge in [0.25, 0.3) is 5.91 Å². The van der Waals surface area contributed by atoms with Crippen molar-refractivity contribution in [1.82, 2.24) is 24.9 Å². The number of carbonyl (C=O) groups excluding carboxylic acids is 1. The Labute approximate surface area is 138 Å². The fraction of sp³-hybridized carbons (Fsp3) is 0.375. The molecule has 120 valence electrons. The number of fused-ring (bicyclic) bond motifs is 1. The lowest BCUT2D eigenvalue weighted by atomic mass is 10.2. The van der Waals surface area contributed by atoms with Gasteiger partial charge in [0.1, 0.15) is 5.69 Å². The van der Waals surface area contributed by atoms with Crippen molar-refractivity contribution >= 4 is 22.9 Å². The molecule has 0 saturated heterocycles. The fourth-order valence-electron chi connectivity index (χ4n) is 2.64. The van der Waals surface area contributed by atoms with E-state index in [1.165, 1.54) is 0 Å². The van der Waals surface area contributed by atoms with Crippen molar-refractivity contribution in [1.29, 1.82) is 0 Å². The lowest BCUT2D eigenvalue weighted by Gasteiger charge is -2.13. The van der Waals surface area contributed by atoms with Gasteiger partial charge in [-0.3, -0.25) is 4.79 Å². The summed E-state index contributed by atoms with van der Waals surface area (Å²) >= 11 is 1.64. The molecule has 0 aliphatic carbocycles. The van der Waals surface area contributed by atoms with Crippen LogP contribution in [-0.4, -0.2) is 25.5 Å². The highest BCUT2D eigenvalue weighted by molar-refractivity contribution is 7.11. The highest BCUT2D eigenvalue weighted by Crippen LogP contribution is 2.22. The van der Waals surface area contributed by atoms with Gasteiger partial charge >= 0.3 is 0 Å². The van der Waals surface area contributed by atoms with Crippen molar-refractivity contribution in [2.45, 2.75) is 40.7 Å². The smallest absolute Gasteiger partial charge is 0.270 e. The summed E-state index contributed by atoms with van der Waals surface area (Å²) in [5.74, 6) is -0.202. The van der Waals surface area contributed by atoms with Crippen LogP contribution in [0.1, 0.15) is 50.4 Å². The van der Waals surface area contributed by atoms with Crippen LogP contribution in [-0.2, 0) is 0 Å². The van der Waals surface area contributed by atoms with E-state index < -0.39 is 0 Å². The van der Waals surface area contributed by atoms with Gasteiger partial charge in [0, 0.05) is 16.6 Å². The molecule has 3 aromatic rings. The van der Waals surface area contributed by atoms with Crippen molar-refractivity contribution in [3.63, 3.8) is 0 Å². The summed E-state index contributed by atoms with van der Waals surface area (Å²) in [4.78, 5) is 22.5. The van der Waals surface area contributed by atoms with Crippen molar-refractivity contribution < 1.29 is 4.79 Å². The largest absolute Gasteiger partial charge is 0.343 e. The minimum Gasteiger partial charge on any atom is -0.343 e. The van der Waals surface area contributed by atoms with Gasteiger partial charge in [0.2, 0.25) is 0 Å². The SMILES string of the molecule is Cc1cc2nc(C(=O)N[C@@H](C)c3nc(C)sc3C)cc(C)n2n1. The van der Waals surface area contributed by atoms with Gasteiger partial charge in [-0.05, 0) is 40.7 Å². The number of carbonyl (C=O) groups is 1. The van der Waals surface area contributed by atoms with E-state index in [0.29, 0.717) is 11.3 Å². The van der Waals surface area contributed by atoms with Gasteiger partial charge in [-0.15, -0.1) is 11.3 Å². The van der Waals surface area contributed by atoms with Crippen LogP contribution in [0.5, 0.6) is 0 Å². The second-order valence-corrected chi connectivity index (χ2v) is 7.12. The Bertz CT molecular complexity index is 895. The van der Waals surface area contributed by atoms with Crippen LogP contribution in [0.2, 0.25) is 0 Å². The number of aromatic nitrogens is 4. The van der Waals surface area contributed by atoms with Crippen LogP contribution < -0.4 is 5.32 Å². The average molecular weight is 329 g/mol. The monoisotopic (exact) mass is 329 g/mol. The number of rotatable bonds is 3. The number of aryl methyl sites for hydroxylation is 4. The van der Waals surface area contributed by atoms with Crippen LogP contribution >= 0.6 is 11.3 Å². The molecule has 7 heteroatoms. The molecule has 1 atom stereocenters. The third-order valence-electron chi connectivity index (χ3n) is 3.66. The summed E-state index contributed by atoms with van der Waals surface area (Å²) in [7, 11) is 0. The van der Waals surface area contributed by atoms with E-state index in [0.717, 1.165) is 27.0 Å². The van der Waals surface area contributed by atoms with Crippen LogP contribution in [0.4, 0.5) is 0 Å². The summed E-state index contributed by atoms with van der Waals surface area (Å²) in [5.41, 5.74) is 3.74. The van der Waals surface area contributed by atoms with Crippen LogP contribution in [0.25, 0.3) is 5.65 Å². The van der Waals surface area contributed by atoms with Crippen LogP contribution in [0.15, 0.2) is 12.1 Å². The third-order valence-corrected chi connectivity index (χ3v) is 4.56.